The molecule has 2 rings (SSSR count). The number of benzene rings is 2. The standard InChI is InChI=1S/C20H24N2O2/c1-13(2)17-7-5-6-8-18(17)22-20(24)16-11-9-15(10-12-16)19(23)21-14(3)4/h5-14H,1-4H3,(H,21,23)(H,22,24). The molecule has 0 spiro atoms. The molecule has 2 amide bonds. The molecule has 0 aromatic heterocycles. The predicted octanol–water partition coefficient (Wildman–Crippen LogP) is 4.20. The molecule has 0 heterocycles. The van der Waals surface area contributed by atoms with Crippen molar-refractivity contribution in [1.29, 1.82) is 0 Å². The molecule has 0 bridgehead atoms. The first-order valence-corrected chi connectivity index (χ1v) is 8.19. The van der Waals surface area contributed by atoms with Crippen LogP contribution in [0.2, 0.25) is 0 Å². The maximum Gasteiger partial charge on any atom is 0.255 e. The Morgan fingerprint density at radius 3 is 1.88 bits per heavy atom. The van der Waals surface area contributed by atoms with Crippen molar-refractivity contribution in [2.24, 2.45) is 0 Å². The lowest BCUT2D eigenvalue weighted by atomic mass is 10.0. The van der Waals surface area contributed by atoms with E-state index < -0.39 is 0 Å². The van der Waals surface area contributed by atoms with E-state index >= 15 is 0 Å². The second-order valence-electron chi connectivity index (χ2n) is 6.40. The zero-order valence-corrected chi connectivity index (χ0v) is 14.6. The first kappa shape index (κ1) is 17.7. The van der Waals surface area contributed by atoms with Crippen molar-refractivity contribution in [3.05, 3.63) is 65.2 Å². The van der Waals surface area contributed by atoms with Crippen molar-refractivity contribution in [2.45, 2.75) is 39.7 Å². The lowest BCUT2D eigenvalue weighted by Gasteiger charge is -2.14. The highest BCUT2D eigenvalue weighted by molar-refractivity contribution is 6.05. The lowest BCUT2D eigenvalue weighted by molar-refractivity contribution is 0.0941. The Kier molecular flexibility index (Phi) is 5.74. The van der Waals surface area contributed by atoms with Gasteiger partial charge in [0.2, 0.25) is 0 Å². The summed E-state index contributed by atoms with van der Waals surface area (Å²) in [7, 11) is 0. The van der Waals surface area contributed by atoms with Crippen LogP contribution in [0.4, 0.5) is 5.69 Å². The van der Waals surface area contributed by atoms with Gasteiger partial charge in [-0.1, -0.05) is 32.0 Å². The van der Waals surface area contributed by atoms with Gasteiger partial charge < -0.3 is 10.6 Å². The Morgan fingerprint density at radius 1 is 0.792 bits per heavy atom. The van der Waals surface area contributed by atoms with Crippen molar-refractivity contribution in [3.8, 4) is 0 Å². The number of amides is 2. The third kappa shape index (κ3) is 4.44. The minimum Gasteiger partial charge on any atom is -0.350 e. The summed E-state index contributed by atoms with van der Waals surface area (Å²) in [6.45, 7) is 8.00. The van der Waals surface area contributed by atoms with Crippen LogP contribution >= 0.6 is 0 Å². The topological polar surface area (TPSA) is 58.2 Å². The summed E-state index contributed by atoms with van der Waals surface area (Å²) in [6, 6.07) is 14.5. The molecule has 2 aromatic rings. The van der Waals surface area contributed by atoms with Crippen LogP contribution in [0.1, 0.15) is 59.9 Å². The van der Waals surface area contributed by atoms with E-state index in [2.05, 4.69) is 24.5 Å². The van der Waals surface area contributed by atoms with Gasteiger partial charge in [-0.2, -0.15) is 0 Å². The van der Waals surface area contributed by atoms with Gasteiger partial charge in [0.25, 0.3) is 11.8 Å². The average molecular weight is 324 g/mol. The van der Waals surface area contributed by atoms with Crippen LogP contribution in [0.25, 0.3) is 0 Å². The summed E-state index contributed by atoms with van der Waals surface area (Å²) in [5.74, 6) is 0.00429. The maximum absolute atomic E-state index is 12.4. The molecular weight excluding hydrogens is 300 g/mol. The normalized spacial score (nSPS) is 10.8. The summed E-state index contributed by atoms with van der Waals surface area (Å²) in [5.41, 5.74) is 2.98. The van der Waals surface area contributed by atoms with Crippen LogP contribution in [0.5, 0.6) is 0 Å². The van der Waals surface area contributed by atoms with Crippen LogP contribution in [-0.2, 0) is 0 Å². The third-order valence-electron chi connectivity index (χ3n) is 3.66. The summed E-state index contributed by atoms with van der Waals surface area (Å²) >= 11 is 0. The summed E-state index contributed by atoms with van der Waals surface area (Å²) in [5, 5.41) is 5.78. The molecule has 4 nitrogen and oxygen atoms in total. The van der Waals surface area contributed by atoms with Gasteiger partial charge in [-0.15, -0.1) is 0 Å². The Labute approximate surface area is 143 Å². The smallest absolute Gasteiger partial charge is 0.255 e. The van der Waals surface area contributed by atoms with Gasteiger partial charge >= 0.3 is 0 Å². The first-order chi connectivity index (χ1) is 11.4. The van der Waals surface area contributed by atoms with E-state index in [9.17, 15) is 9.59 Å². The molecule has 2 aromatic carbocycles. The molecular formula is C20H24N2O2. The van der Waals surface area contributed by atoms with E-state index in [1.165, 1.54) is 0 Å². The fraction of sp³-hybridized carbons (Fsp3) is 0.300. The fourth-order valence-corrected chi connectivity index (χ4v) is 2.43. The Morgan fingerprint density at radius 2 is 1.33 bits per heavy atom. The summed E-state index contributed by atoms with van der Waals surface area (Å²) < 4.78 is 0. The third-order valence-corrected chi connectivity index (χ3v) is 3.66. The highest BCUT2D eigenvalue weighted by atomic mass is 16.2. The highest BCUT2D eigenvalue weighted by Crippen LogP contribution is 2.24. The number of carbonyl (C=O) groups excluding carboxylic acids is 2. The fourth-order valence-electron chi connectivity index (χ4n) is 2.43. The number of nitrogens with one attached hydrogen (secondary N) is 2. The molecule has 0 aliphatic carbocycles. The molecule has 0 radical (unpaired) electrons. The average Bonchev–Trinajstić information content (AvgIpc) is 2.54. The predicted molar refractivity (Wildman–Crippen MR) is 97.5 cm³/mol. The summed E-state index contributed by atoms with van der Waals surface area (Å²) in [4.78, 5) is 24.4. The Bertz CT molecular complexity index is 719. The minimum atomic E-state index is -0.182. The van der Waals surface area contributed by atoms with Gasteiger partial charge in [-0.25, -0.2) is 0 Å². The largest absolute Gasteiger partial charge is 0.350 e. The molecule has 2 N–H and O–H groups in total. The first-order valence-electron chi connectivity index (χ1n) is 8.19. The van der Waals surface area contributed by atoms with E-state index in [0.29, 0.717) is 17.0 Å². The highest BCUT2D eigenvalue weighted by Gasteiger charge is 2.12. The van der Waals surface area contributed by atoms with Crippen molar-refractivity contribution < 1.29 is 9.59 Å². The number of para-hydroxylation sites is 1. The molecule has 0 aliphatic heterocycles. The number of hydrogen-bond acceptors (Lipinski definition) is 2. The van der Waals surface area contributed by atoms with E-state index in [4.69, 9.17) is 0 Å². The van der Waals surface area contributed by atoms with E-state index in [1.54, 1.807) is 24.3 Å². The number of rotatable bonds is 5. The molecule has 0 aliphatic rings. The maximum atomic E-state index is 12.4. The SMILES string of the molecule is CC(C)NC(=O)c1ccc(C(=O)Nc2ccccc2C(C)C)cc1. The number of hydrogen-bond donors (Lipinski definition) is 2. The molecule has 4 heteroatoms. The van der Waals surface area contributed by atoms with Gasteiger partial charge in [0.05, 0.1) is 0 Å². The molecule has 0 fully saturated rings. The van der Waals surface area contributed by atoms with Crippen LogP contribution in [-0.4, -0.2) is 17.9 Å². The Balaban J connectivity index is 2.12. The molecule has 0 atom stereocenters. The van der Waals surface area contributed by atoms with Crippen LogP contribution in [0.3, 0.4) is 0 Å². The van der Waals surface area contributed by atoms with Gasteiger partial charge in [0, 0.05) is 22.9 Å². The molecule has 126 valence electrons. The van der Waals surface area contributed by atoms with E-state index in [0.717, 1.165) is 11.3 Å². The van der Waals surface area contributed by atoms with E-state index in [-0.39, 0.29) is 17.9 Å². The Hall–Kier alpha value is -2.62. The molecule has 0 unspecified atom stereocenters. The zero-order chi connectivity index (χ0) is 17.7. The zero-order valence-electron chi connectivity index (χ0n) is 14.6. The number of carbonyl (C=O) groups is 2. The van der Waals surface area contributed by atoms with Gasteiger partial charge in [0.15, 0.2) is 0 Å². The van der Waals surface area contributed by atoms with Gasteiger partial charge in [0.1, 0.15) is 0 Å². The minimum absolute atomic E-state index is 0.0769. The van der Waals surface area contributed by atoms with Crippen molar-refractivity contribution in [2.75, 3.05) is 5.32 Å². The second-order valence-corrected chi connectivity index (χ2v) is 6.40. The quantitative estimate of drug-likeness (QED) is 0.866. The van der Waals surface area contributed by atoms with E-state index in [1.807, 2.05) is 38.1 Å². The molecule has 24 heavy (non-hydrogen) atoms. The van der Waals surface area contributed by atoms with Crippen molar-refractivity contribution in [1.82, 2.24) is 5.32 Å². The van der Waals surface area contributed by atoms with Crippen LogP contribution in [0.15, 0.2) is 48.5 Å². The van der Waals surface area contributed by atoms with Crippen LogP contribution in [0, 0.1) is 0 Å². The number of anilines is 1. The van der Waals surface area contributed by atoms with Crippen molar-refractivity contribution >= 4 is 17.5 Å². The monoisotopic (exact) mass is 324 g/mol. The summed E-state index contributed by atoms with van der Waals surface area (Å²) in [6.07, 6.45) is 0. The molecule has 0 saturated heterocycles. The molecule has 0 saturated carbocycles. The van der Waals surface area contributed by atoms with Crippen molar-refractivity contribution in [3.63, 3.8) is 0 Å². The van der Waals surface area contributed by atoms with Gasteiger partial charge in [-0.05, 0) is 55.7 Å². The lowest BCUT2D eigenvalue weighted by Crippen LogP contribution is -2.30. The van der Waals surface area contributed by atoms with Gasteiger partial charge in [-0.3, -0.25) is 9.59 Å². The second kappa shape index (κ2) is 7.77. The van der Waals surface area contributed by atoms with Crippen LogP contribution < -0.4 is 10.6 Å².